The standard InChI is InChI=1S/C13H21N3O/c1-10-3-6-14-13(9-10)15-12-4-7-16(8-5-12)11(2)17/h3,9,12,14-15H,4-8H2,1-2H3. The van der Waals surface area contributed by atoms with Crippen LogP contribution < -0.4 is 10.6 Å². The predicted octanol–water partition coefficient (Wildman–Crippen LogP) is 0.978. The highest BCUT2D eigenvalue weighted by Crippen LogP contribution is 2.12. The zero-order valence-corrected chi connectivity index (χ0v) is 10.6. The molecule has 4 heteroatoms. The first kappa shape index (κ1) is 12.0. The fourth-order valence-electron chi connectivity index (χ4n) is 2.31. The second-order valence-corrected chi connectivity index (χ2v) is 4.81. The van der Waals surface area contributed by atoms with Crippen LogP contribution in [0.15, 0.2) is 23.5 Å². The topological polar surface area (TPSA) is 44.4 Å². The first-order valence-electron chi connectivity index (χ1n) is 6.29. The number of amides is 1. The first-order chi connectivity index (χ1) is 8.15. The second kappa shape index (κ2) is 5.25. The van der Waals surface area contributed by atoms with Crippen molar-refractivity contribution in [3.05, 3.63) is 23.5 Å². The molecule has 0 aromatic rings. The Bertz CT molecular complexity index is 352. The number of hydrogen-bond acceptors (Lipinski definition) is 3. The quantitative estimate of drug-likeness (QED) is 0.750. The summed E-state index contributed by atoms with van der Waals surface area (Å²) in [4.78, 5) is 13.1. The van der Waals surface area contributed by atoms with Crippen molar-refractivity contribution in [2.75, 3.05) is 19.6 Å². The van der Waals surface area contributed by atoms with Crippen LogP contribution in [0.25, 0.3) is 0 Å². The normalized spacial score (nSPS) is 21.4. The highest BCUT2D eigenvalue weighted by molar-refractivity contribution is 5.73. The molecule has 1 fully saturated rings. The molecule has 4 nitrogen and oxygen atoms in total. The third kappa shape index (κ3) is 3.25. The molecule has 0 unspecified atom stereocenters. The fourth-order valence-corrected chi connectivity index (χ4v) is 2.31. The van der Waals surface area contributed by atoms with Gasteiger partial charge in [0.25, 0.3) is 0 Å². The van der Waals surface area contributed by atoms with E-state index in [1.165, 1.54) is 5.57 Å². The van der Waals surface area contributed by atoms with Crippen LogP contribution in [0.4, 0.5) is 0 Å². The molecular weight excluding hydrogens is 214 g/mol. The molecule has 2 N–H and O–H groups in total. The van der Waals surface area contributed by atoms with Crippen molar-refractivity contribution in [2.24, 2.45) is 0 Å². The third-order valence-electron chi connectivity index (χ3n) is 3.39. The number of piperidine rings is 1. The van der Waals surface area contributed by atoms with Gasteiger partial charge in [-0.3, -0.25) is 4.79 Å². The van der Waals surface area contributed by atoms with Gasteiger partial charge in [0.15, 0.2) is 0 Å². The van der Waals surface area contributed by atoms with E-state index in [1.807, 2.05) is 4.90 Å². The van der Waals surface area contributed by atoms with Gasteiger partial charge in [-0.2, -0.15) is 0 Å². The number of carbonyl (C=O) groups is 1. The Labute approximate surface area is 103 Å². The van der Waals surface area contributed by atoms with Gasteiger partial charge < -0.3 is 15.5 Å². The number of rotatable bonds is 2. The third-order valence-corrected chi connectivity index (χ3v) is 3.39. The number of nitrogens with one attached hydrogen (secondary N) is 2. The number of carbonyl (C=O) groups excluding carboxylic acids is 1. The summed E-state index contributed by atoms with van der Waals surface area (Å²) in [5.74, 6) is 1.31. The minimum atomic E-state index is 0.192. The molecule has 0 saturated carbocycles. The lowest BCUT2D eigenvalue weighted by atomic mass is 10.0. The van der Waals surface area contributed by atoms with Crippen LogP contribution in [0, 0.1) is 0 Å². The Kier molecular flexibility index (Phi) is 3.71. The van der Waals surface area contributed by atoms with Crippen molar-refractivity contribution < 1.29 is 4.79 Å². The molecule has 2 rings (SSSR count). The number of dihydropyridines is 1. The van der Waals surface area contributed by atoms with E-state index >= 15 is 0 Å². The summed E-state index contributed by atoms with van der Waals surface area (Å²) in [7, 11) is 0. The minimum absolute atomic E-state index is 0.192. The SMILES string of the molecule is CC(=O)N1CCC(NC2=CC(C)=CCN2)CC1. The molecule has 0 atom stereocenters. The Morgan fingerprint density at radius 2 is 2.18 bits per heavy atom. The largest absolute Gasteiger partial charge is 0.369 e. The van der Waals surface area contributed by atoms with E-state index in [0.717, 1.165) is 38.3 Å². The lowest BCUT2D eigenvalue weighted by Crippen LogP contribution is -2.45. The van der Waals surface area contributed by atoms with E-state index in [1.54, 1.807) is 6.92 Å². The Hall–Kier alpha value is -1.45. The summed E-state index contributed by atoms with van der Waals surface area (Å²) in [6.45, 7) is 6.40. The molecule has 0 aliphatic carbocycles. The molecule has 17 heavy (non-hydrogen) atoms. The van der Waals surface area contributed by atoms with Gasteiger partial charge in [-0.1, -0.05) is 6.08 Å². The summed E-state index contributed by atoms with van der Waals surface area (Å²) >= 11 is 0. The van der Waals surface area contributed by atoms with Crippen LogP contribution in [0.3, 0.4) is 0 Å². The molecule has 0 aromatic carbocycles. The van der Waals surface area contributed by atoms with Gasteiger partial charge in [0.1, 0.15) is 0 Å². The van der Waals surface area contributed by atoms with E-state index in [4.69, 9.17) is 0 Å². The second-order valence-electron chi connectivity index (χ2n) is 4.81. The zero-order valence-electron chi connectivity index (χ0n) is 10.6. The van der Waals surface area contributed by atoms with Gasteiger partial charge in [0.2, 0.25) is 5.91 Å². The molecule has 2 aliphatic rings. The Morgan fingerprint density at radius 3 is 2.76 bits per heavy atom. The van der Waals surface area contributed by atoms with Crippen molar-refractivity contribution in [3.8, 4) is 0 Å². The van der Waals surface area contributed by atoms with E-state index < -0.39 is 0 Å². The van der Waals surface area contributed by atoms with Crippen molar-refractivity contribution in [1.29, 1.82) is 0 Å². The fraction of sp³-hybridized carbons (Fsp3) is 0.615. The maximum absolute atomic E-state index is 11.2. The monoisotopic (exact) mass is 235 g/mol. The van der Waals surface area contributed by atoms with E-state index in [9.17, 15) is 4.79 Å². The summed E-state index contributed by atoms with van der Waals surface area (Å²) in [5.41, 5.74) is 1.30. The number of nitrogens with zero attached hydrogens (tertiary/aromatic N) is 1. The summed E-state index contributed by atoms with van der Waals surface area (Å²) in [6, 6.07) is 0.482. The summed E-state index contributed by atoms with van der Waals surface area (Å²) in [6.07, 6.45) is 6.37. The molecule has 0 aromatic heterocycles. The molecule has 2 aliphatic heterocycles. The van der Waals surface area contributed by atoms with Crippen LogP contribution >= 0.6 is 0 Å². The molecule has 94 valence electrons. The molecule has 1 amide bonds. The zero-order chi connectivity index (χ0) is 12.3. The Morgan fingerprint density at radius 1 is 1.47 bits per heavy atom. The average molecular weight is 235 g/mol. The number of allylic oxidation sites excluding steroid dienone is 2. The van der Waals surface area contributed by atoms with Crippen molar-refractivity contribution in [1.82, 2.24) is 15.5 Å². The van der Waals surface area contributed by atoms with Crippen molar-refractivity contribution in [3.63, 3.8) is 0 Å². The van der Waals surface area contributed by atoms with E-state index in [0.29, 0.717) is 6.04 Å². The van der Waals surface area contributed by atoms with Crippen LogP contribution in [-0.2, 0) is 4.79 Å². The van der Waals surface area contributed by atoms with Crippen LogP contribution in [0.2, 0.25) is 0 Å². The van der Waals surface area contributed by atoms with Gasteiger partial charge in [-0.25, -0.2) is 0 Å². The molecule has 0 radical (unpaired) electrons. The predicted molar refractivity (Wildman–Crippen MR) is 68.3 cm³/mol. The minimum Gasteiger partial charge on any atom is -0.369 e. The van der Waals surface area contributed by atoms with Gasteiger partial charge in [0, 0.05) is 32.6 Å². The van der Waals surface area contributed by atoms with Crippen molar-refractivity contribution in [2.45, 2.75) is 32.7 Å². The molecule has 1 saturated heterocycles. The molecule has 0 bridgehead atoms. The van der Waals surface area contributed by atoms with Gasteiger partial charge >= 0.3 is 0 Å². The van der Waals surface area contributed by atoms with E-state index in [2.05, 4.69) is 29.7 Å². The molecular formula is C13H21N3O. The average Bonchev–Trinajstić information content (AvgIpc) is 2.29. The van der Waals surface area contributed by atoms with Crippen molar-refractivity contribution >= 4 is 5.91 Å². The lowest BCUT2D eigenvalue weighted by Gasteiger charge is -2.33. The van der Waals surface area contributed by atoms with Crippen LogP contribution in [0.5, 0.6) is 0 Å². The Balaban J connectivity index is 1.82. The lowest BCUT2D eigenvalue weighted by molar-refractivity contribution is -0.129. The first-order valence-corrected chi connectivity index (χ1v) is 6.29. The van der Waals surface area contributed by atoms with Gasteiger partial charge in [0.05, 0.1) is 5.82 Å². The highest BCUT2D eigenvalue weighted by Gasteiger charge is 2.21. The van der Waals surface area contributed by atoms with Gasteiger partial charge in [-0.15, -0.1) is 0 Å². The van der Waals surface area contributed by atoms with Crippen LogP contribution in [0.1, 0.15) is 26.7 Å². The summed E-state index contributed by atoms with van der Waals surface area (Å²) < 4.78 is 0. The molecule has 0 spiro atoms. The number of hydrogen-bond donors (Lipinski definition) is 2. The van der Waals surface area contributed by atoms with Crippen LogP contribution in [-0.4, -0.2) is 36.5 Å². The number of likely N-dealkylation sites (tertiary alicyclic amines) is 1. The van der Waals surface area contributed by atoms with E-state index in [-0.39, 0.29) is 5.91 Å². The van der Waals surface area contributed by atoms with Gasteiger partial charge in [-0.05, 0) is 31.4 Å². The highest BCUT2D eigenvalue weighted by atomic mass is 16.2. The maximum Gasteiger partial charge on any atom is 0.219 e. The summed E-state index contributed by atoms with van der Waals surface area (Å²) in [5, 5.41) is 6.84. The molecule has 2 heterocycles. The smallest absolute Gasteiger partial charge is 0.219 e. The maximum atomic E-state index is 11.2.